The van der Waals surface area contributed by atoms with Crippen LogP contribution in [0.4, 0.5) is 30.7 Å². The SMILES string of the molecule is CS(=O)(=O)c1cccc(-c2c(Br)cc(C(F)(C(F)(F)F)C(F)(F)F)cc2S(C)(=O)=O)c1. The van der Waals surface area contributed by atoms with Crippen molar-refractivity contribution in [1.82, 2.24) is 0 Å². The molecule has 4 nitrogen and oxygen atoms in total. The van der Waals surface area contributed by atoms with Gasteiger partial charge in [0, 0.05) is 28.1 Å². The molecule has 0 aliphatic carbocycles. The van der Waals surface area contributed by atoms with Gasteiger partial charge in [0.05, 0.1) is 9.79 Å². The third-order valence-electron chi connectivity index (χ3n) is 4.18. The first-order chi connectivity index (χ1) is 13.7. The zero-order chi connectivity index (χ0) is 24.2. The molecule has 0 aliphatic rings. The van der Waals surface area contributed by atoms with Gasteiger partial charge in [-0.1, -0.05) is 28.1 Å². The van der Waals surface area contributed by atoms with Crippen LogP contribution >= 0.6 is 15.9 Å². The molecule has 0 atom stereocenters. The van der Waals surface area contributed by atoms with Gasteiger partial charge >= 0.3 is 18.0 Å². The highest BCUT2D eigenvalue weighted by Gasteiger charge is 2.73. The number of halogens is 8. The zero-order valence-corrected chi connectivity index (χ0v) is 18.7. The molecule has 0 N–H and O–H groups in total. The fraction of sp³-hybridized carbons (Fsp3) is 0.294. The number of hydrogen-bond donors (Lipinski definition) is 0. The second-order valence-corrected chi connectivity index (χ2v) is 11.4. The molecule has 0 saturated heterocycles. The standard InChI is InChI=1S/C17H12BrF7O4S2/c1-30(26,27)11-5-3-4-9(6-11)14-12(18)7-10(8-13(14)31(2,28)29)15(19,16(20,21)22)17(23,24)25/h3-8H,1-2H3. The Balaban J connectivity index is 2.98. The van der Waals surface area contributed by atoms with Crippen LogP contribution in [0.3, 0.4) is 0 Å². The summed E-state index contributed by atoms with van der Waals surface area (Å²) in [6.45, 7) is 0. The zero-order valence-electron chi connectivity index (χ0n) is 15.4. The van der Waals surface area contributed by atoms with Crippen LogP contribution in [0, 0.1) is 0 Å². The van der Waals surface area contributed by atoms with Gasteiger partial charge in [-0.05, 0) is 29.8 Å². The predicted octanol–water partition coefficient (Wildman–Crippen LogP) is 5.21. The van der Waals surface area contributed by atoms with Crippen LogP contribution in [0.1, 0.15) is 5.56 Å². The van der Waals surface area contributed by atoms with Gasteiger partial charge in [0.15, 0.2) is 19.7 Å². The summed E-state index contributed by atoms with van der Waals surface area (Å²) in [7, 11) is -8.29. The van der Waals surface area contributed by atoms with Gasteiger partial charge in [-0.25, -0.2) is 21.2 Å². The molecule has 0 radical (unpaired) electrons. The number of benzene rings is 2. The molecule has 0 bridgehead atoms. The topological polar surface area (TPSA) is 68.3 Å². The second-order valence-electron chi connectivity index (χ2n) is 6.56. The Labute approximate surface area is 181 Å². The molecular formula is C17H12BrF7O4S2. The van der Waals surface area contributed by atoms with Crippen LogP contribution in [-0.2, 0) is 25.3 Å². The maximum Gasteiger partial charge on any atom is 0.435 e. The van der Waals surface area contributed by atoms with Crippen molar-refractivity contribution in [2.75, 3.05) is 12.5 Å². The molecule has 0 aliphatic heterocycles. The molecule has 0 spiro atoms. The van der Waals surface area contributed by atoms with E-state index in [9.17, 15) is 47.6 Å². The van der Waals surface area contributed by atoms with E-state index in [4.69, 9.17) is 0 Å². The van der Waals surface area contributed by atoms with E-state index in [1.54, 1.807) is 0 Å². The molecule has 0 aromatic heterocycles. The van der Waals surface area contributed by atoms with Gasteiger partial charge in [0.2, 0.25) is 0 Å². The Hall–Kier alpha value is -1.67. The van der Waals surface area contributed by atoms with E-state index in [1.807, 2.05) is 0 Å². The first-order valence-corrected chi connectivity index (χ1v) is 12.5. The van der Waals surface area contributed by atoms with Crippen molar-refractivity contribution in [3.8, 4) is 11.1 Å². The van der Waals surface area contributed by atoms with Crippen LogP contribution in [0.2, 0.25) is 0 Å². The van der Waals surface area contributed by atoms with Crippen molar-refractivity contribution in [3.63, 3.8) is 0 Å². The molecule has 14 heteroatoms. The summed E-state index contributed by atoms with van der Waals surface area (Å²) in [6.07, 6.45) is -11.6. The Kier molecular flexibility index (Phi) is 6.38. The van der Waals surface area contributed by atoms with Crippen LogP contribution < -0.4 is 0 Å². The molecular weight excluding hydrogens is 545 g/mol. The summed E-state index contributed by atoms with van der Waals surface area (Å²) in [4.78, 5) is -1.34. The van der Waals surface area contributed by atoms with Crippen LogP contribution in [0.5, 0.6) is 0 Å². The summed E-state index contributed by atoms with van der Waals surface area (Å²) in [6, 6.07) is 4.64. The molecule has 0 unspecified atom stereocenters. The maximum absolute atomic E-state index is 14.5. The van der Waals surface area contributed by atoms with Crippen molar-refractivity contribution in [2.45, 2.75) is 27.8 Å². The third-order valence-corrected chi connectivity index (χ3v) is 7.04. The van der Waals surface area contributed by atoms with E-state index < -0.39 is 58.2 Å². The maximum atomic E-state index is 14.5. The van der Waals surface area contributed by atoms with Gasteiger partial charge in [-0.2, -0.15) is 26.3 Å². The number of alkyl halides is 7. The third kappa shape index (κ3) is 4.75. The van der Waals surface area contributed by atoms with Crippen LogP contribution in [0.15, 0.2) is 50.7 Å². The summed E-state index contributed by atoms with van der Waals surface area (Å²) in [5, 5.41) is 0. The Bertz CT molecular complexity index is 1220. The van der Waals surface area contributed by atoms with Crippen LogP contribution in [-0.4, -0.2) is 41.7 Å². The average Bonchev–Trinajstić information content (AvgIpc) is 2.56. The summed E-state index contributed by atoms with van der Waals surface area (Å²) in [5.41, 5.74) is -8.42. The van der Waals surface area contributed by atoms with Gasteiger partial charge < -0.3 is 0 Å². The van der Waals surface area contributed by atoms with Gasteiger partial charge in [-0.15, -0.1) is 0 Å². The number of hydrogen-bond acceptors (Lipinski definition) is 4. The lowest BCUT2D eigenvalue weighted by molar-refractivity contribution is -0.348. The molecule has 2 aromatic rings. The van der Waals surface area contributed by atoms with Gasteiger partial charge in [0.1, 0.15) is 0 Å². The van der Waals surface area contributed by atoms with Crippen molar-refractivity contribution in [3.05, 3.63) is 46.4 Å². The minimum absolute atomic E-state index is 0.0521. The quantitative estimate of drug-likeness (QED) is 0.485. The Morgan fingerprint density at radius 2 is 1.29 bits per heavy atom. The Morgan fingerprint density at radius 1 is 0.774 bits per heavy atom. The van der Waals surface area contributed by atoms with E-state index in [2.05, 4.69) is 15.9 Å². The second kappa shape index (κ2) is 7.73. The molecule has 0 saturated carbocycles. The number of sulfone groups is 2. The lowest BCUT2D eigenvalue weighted by Gasteiger charge is -2.31. The van der Waals surface area contributed by atoms with Gasteiger partial charge in [0.25, 0.3) is 0 Å². The molecule has 172 valence electrons. The first-order valence-electron chi connectivity index (χ1n) is 7.88. The van der Waals surface area contributed by atoms with E-state index in [-0.39, 0.29) is 22.6 Å². The van der Waals surface area contributed by atoms with Crippen molar-refractivity contribution < 1.29 is 47.6 Å². The van der Waals surface area contributed by atoms with E-state index in [0.29, 0.717) is 6.26 Å². The normalized spacial score (nSPS) is 14.0. The minimum Gasteiger partial charge on any atom is -0.224 e. The number of rotatable bonds is 4. The highest BCUT2D eigenvalue weighted by Crippen LogP contribution is 2.54. The summed E-state index contributed by atoms with van der Waals surface area (Å²) < 4.78 is 141. The highest BCUT2D eigenvalue weighted by molar-refractivity contribution is 9.10. The first kappa shape index (κ1) is 25.6. The van der Waals surface area contributed by atoms with E-state index >= 15 is 0 Å². The minimum atomic E-state index is -6.45. The lowest BCUT2D eigenvalue weighted by atomic mass is 9.92. The van der Waals surface area contributed by atoms with Crippen molar-refractivity contribution in [2.24, 2.45) is 0 Å². The smallest absolute Gasteiger partial charge is 0.224 e. The summed E-state index contributed by atoms with van der Waals surface area (Å²) >= 11 is 2.71. The average molecular weight is 557 g/mol. The van der Waals surface area contributed by atoms with Crippen molar-refractivity contribution in [1.29, 1.82) is 0 Å². The highest BCUT2D eigenvalue weighted by atomic mass is 79.9. The lowest BCUT2D eigenvalue weighted by Crippen LogP contribution is -2.50. The molecule has 31 heavy (non-hydrogen) atoms. The predicted molar refractivity (Wildman–Crippen MR) is 101 cm³/mol. The fourth-order valence-electron chi connectivity index (χ4n) is 2.72. The van der Waals surface area contributed by atoms with Crippen LogP contribution in [0.25, 0.3) is 11.1 Å². The van der Waals surface area contributed by atoms with E-state index in [0.717, 1.165) is 18.4 Å². The van der Waals surface area contributed by atoms with E-state index in [1.165, 1.54) is 12.1 Å². The molecule has 2 aromatic carbocycles. The molecule has 0 amide bonds. The monoisotopic (exact) mass is 556 g/mol. The molecule has 0 heterocycles. The molecule has 0 fully saturated rings. The van der Waals surface area contributed by atoms with Crippen molar-refractivity contribution >= 4 is 35.6 Å². The summed E-state index contributed by atoms with van der Waals surface area (Å²) in [5.74, 6) is 0. The fourth-order valence-corrected chi connectivity index (χ4v) is 5.15. The van der Waals surface area contributed by atoms with Gasteiger partial charge in [-0.3, -0.25) is 0 Å². The largest absolute Gasteiger partial charge is 0.435 e. The Morgan fingerprint density at radius 3 is 1.71 bits per heavy atom. The molecule has 2 rings (SSSR count).